The molecule has 0 unspecified atom stereocenters. The molecule has 0 saturated heterocycles. The van der Waals surface area contributed by atoms with E-state index in [2.05, 4.69) is 15.6 Å². The predicted molar refractivity (Wildman–Crippen MR) is 119 cm³/mol. The lowest BCUT2D eigenvalue weighted by molar-refractivity contribution is 0.0948. The van der Waals surface area contributed by atoms with E-state index in [9.17, 15) is 9.59 Å². The Morgan fingerprint density at radius 2 is 1.90 bits per heavy atom. The van der Waals surface area contributed by atoms with Gasteiger partial charge in [0, 0.05) is 23.2 Å². The molecule has 0 aliphatic rings. The van der Waals surface area contributed by atoms with Crippen LogP contribution in [-0.4, -0.2) is 23.3 Å². The quantitative estimate of drug-likeness (QED) is 0.512. The fraction of sp³-hybridized carbons (Fsp3) is 0.227. The minimum Gasteiger partial charge on any atom is -0.487 e. The molecule has 3 rings (SSSR count). The molecular weight excluding hydrogens is 422 g/mol. The van der Waals surface area contributed by atoms with Crippen molar-refractivity contribution in [2.24, 2.45) is 5.92 Å². The van der Waals surface area contributed by atoms with Crippen molar-refractivity contribution in [3.63, 3.8) is 0 Å². The molecule has 0 radical (unpaired) electrons. The number of nitrogens with one attached hydrogen (secondary N) is 2. The maximum absolute atomic E-state index is 12.5. The summed E-state index contributed by atoms with van der Waals surface area (Å²) in [5.41, 5.74) is 3.97. The summed E-state index contributed by atoms with van der Waals surface area (Å²) in [5.74, 6) is 0.476. The van der Waals surface area contributed by atoms with Crippen molar-refractivity contribution in [3.8, 4) is 5.75 Å². The first-order chi connectivity index (χ1) is 14.4. The number of halogens is 1. The standard InChI is InChI=1S/C22H22ClN3O3S/c1-14(2)10-24-22(28)19-8-5-16(9-20(19)23)26-21(27)15-3-6-18(7-4-15)29-11-17-12-30-13-25-17/h3-9,12-14H,10-11H2,1-2H3,(H,24,28)(H,26,27). The van der Waals surface area contributed by atoms with Crippen LogP contribution in [0.3, 0.4) is 0 Å². The van der Waals surface area contributed by atoms with Crippen molar-refractivity contribution in [1.29, 1.82) is 0 Å². The van der Waals surface area contributed by atoms with Gasteiger partial charge in [-0.1, -0.05) is 25.4 Å². The van der Waals surface area contributed by atoms with Crippen molar-refractivity contribution < 1.29 is 14.3 Å². The first kappa shape index (κ1) is 21.8. The van der Waals surface area contributed by atoms with Gasteiger partial charge < -0.3 is 15.4 Å². The third kappa shape index (κ3) is 6.05. The van der Waals surface area contributed by atoms with Gasteiger partial charge in [0.15, 0.2) is 0 Å². The number of carbonyl (C=O) groups excluding carboxylic acids is 2. The zero-order valence-electron chi connectivity index (χ0n) is 16.6. The molecule has 156 valence electrons. The maximum atomic E-state index is 12.5. The van der Waals surface area contributed by atoms with Crippen LogP contribution in [0.5, 0.6) is 5.75 Å². The number of benzene rings is 2. The largest absolute Gasteiger partial charge is 0.487 e. The Morgan fingerprint density at radius 3 is 2.53 bits per heavy atom. The fourth-order valence-electron chi connectivity index (χ4n) is 2.54. The first-order valence-corrected chi connectivity index (χ1v) is 10.7. The van der Waals surface area contributed by atoms with Gasteiger partial charge in [-0.3, -0.25) is 9.59 Å². The maximum Gasteiger partial charge on any atom is 0.255 e. The number of rotatable bonds is 8. The Bertz CT molecular complexity index is 1000. The van der Waals surface area contributed by atoms with Gasteiger partial charge in [0.1, 0.15) is 12.4 Å². The van der Waals surface area contributed by atoms with E-state index < -0.39 is 0 Å². The highest BCUT2D eigenvalue weighted by molar-refractivity contribution is 7.07. The summed E-state index contributed by atoms with van der Waals surface area (Å²) in [7, 11) is 0. The second kappa shape index (κ2) is 10.2. The molecular formula is C22H22ClN3O3S. The summed E-state index contributed by atoms with van der Waals surface area (Å²) < 4.78 is 5.65. The van der Waals surface area contributed by atoms with E-state index in [0.717, 1.165) is 5.69 Å². The van der Waals surface area contributed by atoms with Crippen molar-refractivity contribution in [1.82, 2.24) is 10.3 Å². The molecule has 0 aliphatic carbocycles. The molecule has 3 aromatic rings. The Morgan fingerprint density at radius 1 is 1.13 bits per heavy atom. The van der Waals surface area contributed by atoms with E-state index in [1.54, 1.807) is 48.0 Å². The second-order valence-electron chi connectivity index (χ2n) is 7.05. The predicted octanol–water partition coefficient (Wildman–Crippen LogP) is 5.01. The number of carbonyl (C=O) groups is 2. The monoisotopic (exact) mass is 443 g/mol. The summed E-state index contributed by atoms with van der Waals surface area (Å²) in [6.45, 7) is 4.97. The minimum absolute atomic E-state index is 0.236. The third-order valence-electron chi connectivity index (χ3n) is 4.13. The van der Waals surface area contributed by atoms with E-state index in [-0.39, 0.29) is 16.8 Å². The zero-order chi connectivity index (χ0) is 21.5. The third-order valence-corrected chi connectivity index (χ3v) is 5.08. The van der Waals surface area contributed by atoms with Crippen molar-refractivity contribution >= 4 is 40.4 Å². The number of nitrogens with zero attached hydrogens (tertiary/aromatic N) is 1. The summed E-state index contributed by atoms with van der Waals surface area (Å²) in [6.07, 6.45) is 0. The van der Waals surface area contributed by atoms with Crippen LogP contribution in [0.15, 0.2) is 53.4 Å². The molecule has 0 atom stereocenters. The van der Waals surface area contributed by atoms with Gasteiger partial charge in [-0.15, -0.1) is 11.3 Å². The van der Waals surface area contributed by atoms with Crippen LogP contribution in [0.4, 0.5) is 5.69 Å². The van der Waals surface area contributed by atoms with Crippen molar-refractivity contribution in [3.05, 3.63) is 75.2 Å². The van der Waals surface area contributed by atoms with Crippen LogP contribution in [0.2, 0.25) is 5.02 Å². The number of hydrogen-bond acceptors (Lipinski definition) is 5. The molecule has 0 bridgehead atoms. The number of anilines is 1. The lowest BCUT2D eigenvalue weighted by atomic mass is 10.1. The summed E-state index contributed by atoms with van der Waals surface area (Å²) in [5, 5.41) is 7.81. The molecule has 0 fully saturated rings. The van der Waals surface area contributed by atoms with Gasteiger partial charge in [0.05, 0.1) is 21.8 Å². The van der Waals surface area contributed by atoms with Crippen LogP contribution in [0.1, 0.15) is 40.3 Å². The van der Waals surface area contributed by atoms with Crippen LogP contribution >= 0.6 is 22.9 Å². The van der Waals surface area contributed by atoms with E-state index in [4.69, 9.17) is 16.3 Å². The lowest BCUT2D eigenvalue weighted by Gasteiger charge is -2.11. The first-order valence-electron chi connectivity index (χ1n) is 9.41. The van der Waals surface area contributed by atoms with Crippen LogP contribution in [-0.2, 0) is 6.61 Å². The summed E-state index contributed by atoms with van der Waals surface area (Å²) in [6, 6.07) is 11.6. The average molecular weight is 444 g/mol. The lowest BCUT2D eigenvalue weighted by Crippen LogP contribution is -2.27. The molecule has 30 heavy (non-hydrogen) atoms. The van der Waals surface area contributed by atoms with E-state index in [1.165, 1.54) is 11.3 Å². The van der Waals surface area contributed by atoms with Gasteiger partial charge in [0.25, 0.3) is 11.8 Å². The SMILES string of the molecule is CC(C)CNC(=O)c1ccc(NC(=O)c2ccc(OCc3cscn3)cc2)cc1Cl. The molecule has 6 nitrogen and oxygen atoms in total. The van der Waals surface area contributed by atoms with Crippen molar-refractivity contribution in [2.45, 2.75) is 20.5 Å². The number of thiazole rings is 1. The second-order valence-corrected chi connectivity index (χ2v) is 8.17. The smallest absolute Gasteiger partial charge is 0.255 e. The summed E-state index contributed by atoms with van der Waals surface area (Å²) >= 11 is 7.75. The Kier molecular flexibility index (Phi) is 7.43. The normalized spacial score (nSPS) is 10.7. The Hall–Kier alpha value is -2.90. The molecule has 8 heteroatoms. The number of amides is 2. The highest BCUT2D eigenvalue weighted by Gasteiger charge is 2.13. The Labute approximate surface area is 184 Å². The van der Waals surface area contributed by atoms with E-state index >= 15 is 0 Å². The van der Waals surface area contributed by atoms with Gasteiger partial charge in [-0.05, 0) is 48.4 Å². The Balaban J connectivity index is 1.58. The fourth-order valence-corrected chi connectivity index (χ4v) is 3.35. The zero-order valence-corrected chi connectivity index (χ0v) is 18.2. The van der Waals surface area contributed by atoms with Crippen molar-refractivity contribution in [2.75, 3.05) is 11.9 Å². The van der Waals surface area contributed by atoms with Gasteiger partial charge in [0.2, 0.25) is 0 Å². The van der Waals surface area contributed by atoms with Gasteiger partial charge in [-0.25, -0.2) is 4.98 Å². The highest BCUT2D eigenvalue weighted by atomic mass is 35.5. The van der Waals surface area contributed by atoms with E-state index in [0.29, 0.717) is 41.6 Å². The minimum atomic E-state index is -0.283. The number of hydrogen-bond donors (Lipinski definition) is 2. The molecule has 2 N–H and O–H groups in total. The average Bonchev–Trinajstić information content (AvgIpc) is 3.24. The number of aromatic nitrogens is 1. The molecule has 0 spiro atoms. The molecule has 1 aromatic heterocycles. The molecule has 0 saturated carbocycles. The molecule has 1 heterocycles. The van der Waals surface area contributed by atoms with Crippen LogP contribution < -0.4 is 15.4 Å². The number of ether oxygens (including phenoxy) is 1. The summed E-state index contributed by atoms with van der Waals surface area (Å²) in [4.78, 5) is 28.8. The molecule has 0 aliphatic heterocycles. The van der Waals surface area contributed by atoms with Crippen LogP contribution in [0.25, 0.3) is 0 Å². The van der Waals surface area contributed by atoms with Gasteiger partial charge >= 0.3 is 0 Å². The van der Waals surface area contributed by atoms with Crippen LogP contribution in [0, 0.1) is 5.92 Å². The molecule has 2 amide bonds. The highest BCUT2D eigenvalue weighted by Crippen LogP contribution is 2.22. The van der Waals surface area contributed by atoms with E-state index in [1.807, 2.05) is 19.2 Å². The molecule has 2 aromatic carbocycles. The topological polar surface area (TPSA) is 80.3 Å². The van der Waals surface area contributed by atoms with Gasteiger partial charge in [-0.2, -0.15) is 0 Å².